The van der Waals surface area contributed by atoms with Crippen LogP contribution in [0, 0.1) is 0 Å². The molecule has 6 nitrogen and oxygen atoms in total. The zero-order valence-corrected chi connectivity index (χ0v) is 11.1. The average Bonchev–Trinajstić information content (AvgIpc) is 2.81. The van der Waals surface area contributed by atoms with Crippen molar-refractivity contribution in [3.63, 3.8) is 0 Å². The van der Waals surface area contributed by atoms with Crippen LogP contribution >= 0.6 is 0 Å². The topological polar surface area (TPSA) is 66.4 Å². The van der Waals surface area contributed by atoms with Crippen molar-refractivity contribution < 1.29 is 28.8 Å². The van der Waals surface area contributed by atoms with Crippen LogP contribution in [0.5, 0.6) is 0 Å². The van der Waals surface area contributed by atoms with Gasteiger partial charge in [-0.3, -0.25) is 0 Å². The van der Waals surface area contributed by atoms with Crippen LogP contribution in [0.3, 0.4) is 0 Å². The largest absolute Gasteiger partial charge is 0.387 e. The number of fused-ring (bicyclic) bond motifs is 1. The van der Waals surface area contributed by atoms with Gasteiger partial charge in [0, 0.05) is 0 Å². The zero-order chi connectivity index (χ0) is 13.1. The Hall–Kier alpha value is -0.240. The highest BCUT2D eigenvalue weighted by atomic mass is 16.8. The molecule has 0 saturated carbocycles. The molecule has 3 heterocycles. The fraction of sp³-hybridized carbons (Fsp3) is 1.00. The maximum absolute atomic E-state index is 10.3. The van der Waals surface area contributed by atoms with Gasteiger partial charge in [0.05, 0.1) is 6.61 Å². The smallest absolute Gasteiger partial charge is 0.190 e. The molecule has 3 aliphatic rings. The van der Waals surface area contributed by atoms with Crippen LogP contribution in [0.25, 0.3) is 0 Å². The Bertz CT molecular complexity index is 341. The van der Waals surface area contributed by atoms with Crippen molar-refractivity contribution in [1.29, 1.82) is 0 Å². The third-order valence-electron chi connectivity index (χ3n) is 3.45. The number of aliphatic hydroxyl groups is 1. The summed E-state index contributed by atoms with van der Waals surface area (Å²) < 4.78 is 28.1. The first-order valence-electron chi connectivity index (χ1n) is 6.28. The summed E-state index contributed by atoms with van der Waals surface area (Å²) in [6.45, 7) is 7.68. The Morgan fingerprint density at radius 3 is 2.22 bits per heavy atom. The summed E-state index contributed by atoms with van der Waals surface area (Å²) in [5.41, 5.74) is 0. The van der Waals surface area contributed by atoms with Gasteiger partial charge in [-0.1, -0.05) is 0 Å². The molecule has 5 atom stereocenters. The molecule has 0 aromatic rings. The molecule has 3 fully saturated rings. The van der Waals surface area contributed by atoms with Crippen molar-refractivity contribution in [2.24, 2.45) is 0 Å². The summed E-state index contributed by atoms with van der Waals surface area (Å²) in [4.78, 5) is 0. The summed E-state index contributed by atoms with van der Waals surface area (Å²) in [5.74, 6) is -1.35. The minimum Gasteiger partial charge on any atom is -0.387 e. The summed E-state index contributed by atoms with van der Waals surface area (Å²) in [5, 5.41) is 10.3. The predicted octanol–water partition coefficient (Wildman–Crippen LogP) is 0.375. The fourth-order valence-electron chi connectivity index (χ4n) is 2.70. The molecular formula is C12H20O6. The molecule has 104 valence electrons. The van der Waals surface area contributed by atoms with Crippen LogP contribution in [-0.2, 0) is 23.7 Å². The van der Waals surface area contributed by atoms with Crippen LogP contribution in [0.4, 0.5) is 0 Å². The van der Waals surface area contributed by atoms with Gasteiger partial charge in [0.1, 0.15) is 24.4 Å². The van der Waals surface area contributed by atoms with E-state index in [0.29, 0.717) is 6.61 Å². The summed E-state index contributed by atoms with van der Waals surface area (Å²) in [6, 6.07) is 0. The van der Waals surface area contributed by atoms with Gasteiger partial charge < -0.3 is 28.8 Å². The van der Waals surface area contributed by atoms with Gasteiger partial charge in [0.15, 0.2) is 17.9 Å². The van der Waals surface area contributed by atoms with Crippen LogP contribution < -0.4 is 0 Å². The maximum atomic E-state index is 10.3. The van der Waals surface area contributed by atoms with Gasteiger partial charge in [0.25, 0.3) is 0 Å². The van der Waals surface area contributed by atoms with Crippen LogP contribution in [0.2, 0.25) is 0 Å². The van der Waals surface area contributed by atoms with Crippen LogP contribution in [0.15, 0.2) is 0 Å². The minimum absolute atomic E-state index is 0.295. The highest BCUT2D eigenvalue weighted by Gasteiger charge is 2.57. The standard InChI is InChI=1S/C12H20O6/c1-11(2)14-5-6(16-11)8-7(13)9-10(15-8)18-12(3,4)17-9/h6-10,13H,5H2,1-4H3/t6-,7+,8-,9+,10+/m1/s1. The predicted molar refractivity (Wildman–Crippen MR) is 59.6 cm³/mol. The molecule has 0 aromatic heterocycles. The van der Waals surface area contributed by atoms with Gasteiger partial charge >= 0.3 is 0 Å². The van der Waals surface area contributed by atoms with Crippen molar-refractivity contribution >= 4 is 0 Å². The Labute approximate surface area is 106 Å². The van der Waals surface area contributed by atoms with E-state index >= 15 is 0 Å². The van der Waals surface area contributed by atoms with E-state index in [9.17, 15) is 5.11 Å². The van der Waals surface area contributed by atoms with Crippen molar-refractivity contribution in [2.45, 2.75) is 70.0 Å². The van der Waals surface area contributed by atoms with Crippen molar-refractivity contribution in [3.05, 3.63) is 0 Å². The van der Waals surface area contributed by atoms with Crippen molar-refractivity contribution in [2.75, 3.05) is 6.61 Å². The molecule has 1 N–H and O–H groups in total. The Morgan fingerprint density at radius 2 is 1.67 bits per heavy atom. The van der Waals surface area contributed by atoms with E-state index in [4.69, 9.17) is 23.7 Å². The highest BCUT2D eigenvalue weighted by molar-refractivity contribution is 4.97. The van der Waals surface area contributed by atoms with Gasteiger partial charge in [-0.05, 0) is 27.7 Å². The molecule has 0 aromatic carbocycles. The second-order valence-electron chi connectivity index (χ2n) is 5.93. The van der Waals surface area contributed by atoms with E-state index in [-0.39, 0.29) is 6.10 Å². The first kappa shape index (κ1) is 12.8. The number of hydrogen-bond acceptors (Lipinski definition) is 6. The summed E-state index contributed by atoms with van der Waals surface area (Å²) >= 11 is 0. The minimum atomic E-state index is -0.765. The molecule has 0 aliphatic carbocycles. The molecule has 18 heavy (non-hydrogen) atoms. The number of aliphatic hydroxyl groups excluding tert-OH is 1. The normalized spacial score (nSPS) is 49.5. The zero-order valence-electron chi connectivity index (χ0n) is 11.1. The van der Waals surface area contributed by atoms with E-state index in [2.05, 4.69) is 0 Å². The number of ether oxygens (including phenoxy) is 5. The lowest BCUT2D eigenvalue weighted by atomic mass is 10.1. The SMILES string of the molecule is CC1(C)O[C@@H]2O[C@H]([C@H]3COC(C)(C)O3)[C@H](O)[C@@H]2O1. The third-order valence-corrected chi connectivity index (χ3v) is 3.45. The lowest BCUT2D eigenvalue weighted by Gasteiger charge is -2.26. The van der Waals surface area contributed by atoms with E-state index in [1.54, 1.807) is 13.8 Å². The van der Waals surface area contributed by atoms with E-state index in [1.165, 1.54) is 0 Å². The lowest BCUT2D eigenvalue weighted by Crippen LogP contribution is -2.42. The second kappa shape index (κ2) is 3.88. The van der Waals surface area contributed by atoms with Gasteiger partial charge in [0.2, 0.25) is 0 Å². The fourth-order valence-corrected chi connectivity index (χ4v) is 2.70. The van der Waals surface area contributed by atoms with Gasteiger partial charge in [-0.15, -0.1) is 0 Å². The first-order valence-corrected chi connectivity index (χ1v) is 6.28. The quantitative estimate of drug-likeness (QED) is 0.735. The molecule has 0 bridgehead atoms. The monoisotopic (exact) mass is 260 g/mol. The molecule has 6 heteroatoms. The highest BCUT2D eigenvalue weighted by Crippen LogP contribution is 2.40. The first-order chi connectivity index (χ1) is 8.27. The van der Waals surface area contributed by atoms with E-state index < -0.39 is 36.2 Å². The van der Waals surface area contributed by atoms with Crippen LogP contribution in [-0.4, -0.2) is 54.0 Å². The summed E-state index contributed by atoms with van der Waals surface area (Å²) in [6.07, 6.45) is -2.53. The van der Waals surface area contributed by atoms with E-state index in [1.807, 2.05) is 13.8 Å². The lowest BCUT2D eigenvalue weighted by molar-refractivity contribution is -0.232. The Morgan fingerprint density at radius 1 is 0.944 bits per heavy atom. The Kier molecular flexibility index (Phi) is 2.75. The molecule has 3 rings (SSSR count). The molecule has 0 unspecified atom stereocenters. The van der Waals surface area contributed by atoms with E-state index in [0.717, 1.165) is 0 Å². The molecular weight excluding hydrogens is 240 g/mol. The molecule has 3 aliphatic heterocycles. The maximum Gasteiger partial charge on any atom is 0.190 e. The molecule has 3 saturated heterocycles. The Balaban J connectivity index is 1.68. The van der Waals surface area contributed by atoms with Gasteiger partial charge in [-0.25, -0.2) is 0 Å². The average molecular weight is 260 g/mol. The number of rotatable bonds is 1. The van der Waals surface area contributed by atoms with Crippen molar-refractivity contribution in [1.82, 2.24) is 0 Å². The molecule has 0 amide bonds. The van der Waals surface area contributed by atoms with Gasteiger partial charge in [-0.2, -0.15) is 0 Å². The molecule has 0 radical (unpaired) electrons. The third kappa shape index (κ3) is 2.07. The molecule has 0 spiro atoms. The van der Waals surface area contributed by atoms with Crippen LogP contribution in [0.1, 0.15) is 27.7 Å². The number of hydrogen-bond donors (Lipinski definition) is 1. The summed E-state index contributed by atoms with van der Waals surface area (Å²) in [7, 11) is 0. The second-order valence-corrected chi connectivity index (χ2v) is 5.93. The van der Waals surface area contributed by atoms with Crippen molar-refractivity contribution in [3.8, 4) is 0 Å².